The van der Waals surface area contributed by atoms with Crippen LogP contribution in [0, 0.1) is 10.1 Å². The lowest BCUT2D eigenvalue weighted by Crippen LogP contribution is -2.46. The van der Waals surface area contributed by atoms with Gasteiger partial charge >= 0.3 is 0 Å². The van der Waals surface area contributed by atoms with Crippen molar-refractivity contribution in [2.75, 3.05) is 18.0 Å². The van der Waals surface area contributed by atoms with Gasteiger partial charge in [0.05, 0.1) is 4.92 Å². The van der Waals surface area contributed by atoms with Gasteiger partial charge in [-0.3, -0.25) is 10.1 Å². The molecule has 0 bridgehead atoms. The SMILES string of the molecule is CC(C)N(CC1CCCCN1)c1cccc([N+](=O)[O-])c1. The van der Waals surface area contributed by atoms with Crippen molar-refractivity contribution >= 4 is 11.4 Å². The summed E-state index contributed by atoms with van der Waals surface area (Å²) >= 11 is 0. The Morgan fingerprint density at radius 3 is 2.85 bits per heavy atom. The molecule has 1 atom stereocenters. The molecule has 5 heteroatoms. The molecule has 0 aliphatic carbocycles. The van der Waals surface area contributed by atoms with Gasteiger partial charge in [0, 0.05) is 36.4 Å². The molecule has 0 saturated carbocycles. The zero-order valence-corrected chi connectivity index (χ0v) is 12.2. The lowest BCUT2D eigenvalue weighted by Gasteiger charge is -2.34. The lowest BCUT2D eigenvalue weighted by atomic mass is 10.0. The van der Waals surface area contributed by atoms with Crippen LogP contribution in [0.1, 0.15) is 33.1 Å². The molecule has 0 radical (unpaired) electrons. The molecular weight excluding hydrogens is 254 g/mol. The molecule has 110 valence electrons. The summed E-state index contributed by atoms with van der Waals surface area (Å²) < 4.78 is 0. The van der Waals surface area contributed by atoms with Gasteiger partial charge in [-0.15, -0.1) is 0 Å². The van der Waals surface area contributed by atoms with Crippen molar-refractivity contribution in [3.8, 4) is 0 Å². The largest absolute Gasteiger partial charge is 0.367 e. The number of nitrogens with one attached hydrogen (secondary N) is 1. The van der Waals surface area contributed by atoms with Crippen LogP contribution in [-0.2, 0) is 0 Å². The van der Waals surface area contributed by atoms with E-state index < -0.39 is 0 Å². The molecule has 1 saturated heterocycles. The highest BCUT2D eigenvalue weighted by atomic mass is 16.6. The first-order chi connectivity index (χ1) is 9.58. The highest BCUT2D eigenvalue weighted by molar-refractivity contribution is 5.53. The zero-order chi connectivity index (χ0) is 14.5. The number of benzene rings is 1. The number of nitro groups is 1. The summed E-state index contributed by atoms with van der Waals surface area (Å²) in [7, 11) is 0. The van der Waals surface area contributed by atoms with Crippen LogP contribution < -0.4 is 10.2 Å². The Hall–Kier alpha value is -1.62. The van der Waals surface area contributed by atoms with E-state index in [0.29, 0.717) is 12.1 Å². The fourth-order valence-electron chi connectivity index (χ4n) is 2.72. The molecule has 1 aliphatic heterocycles. The summed E-state index contributed by atoms with van der Waals surface area (Å²) in [4.78, 5) is 12.8. The average molecular weight is 277 g/mol. The summed E-state index contributed by atoms with van der Waals surface area (Å²) in [5.74, 6) is 0. The van der Waals surface area contributed by atoms with Crippen LogP contribution in [0.25, 0.3) is 0 Å². The minimum absolute atomic E-state index is 0.157. The normalized spacial score (nSPS) is 19.1. The van der Waals surface area contributed by atoms with E-state index in [0.717, 1.165) is 18.8 Å². The second kappa shape index (κ2) is 6.70. The van der Waals surface area contributed by atoms with Crippen molar-refractivity contribution < 1.29 is 4.92 Å². The lowest BCUT2D eigenvalue weighted by molar-refractivity contribution is -0.384. The van der Waals surface area contributed by atoms with Gasteiger partial charge in [-0.05, 0) is 39.3 Å². The second-order valence-corrected chi connectivity index (χ2v) is 5.67. The van der Waals surface area contributed by atoms with Crippen LogP contribution in [0.4, 0.5) is 11.4 Å². The van der Waals surface area contributed by atoms with E-state index in [-0.39, 0.29) is 10.6 Å². The first kappa shape index (κ1) is 14.8. The number of nitro benzene ring substituents is 1. The van der Waals surface area contributed by atoms with Crippen molar-refractivity contribution in [2.24, 2.45) is 0 Å². The summed E-state index contributed by atoms with van der Waals surface area (Å²) in [6.45, 7) is 6.23. The molecule has 0 spiro atoms. The van der Waals surface area contributed by atoms with Crippen LogP contribution in [-0.4, -0.2) is 30.1 Å². The van der Waals surface area contributed by atoms with E-state index >= 15 is 0 Å². The van der Waals surface area contributed by atoms with E-state index in [1.165, 1.54) is 19.3 Å². The zero-order valence-electron chi connectivity index (χ0n) is 12.2. The van der Waals surface area contributed by atoms with Crippen molar-refractivity contribution in [1.29, 1.82) is 0 Å². The van der Waals surface area contributed by atoms with E-state index in [9.17, 15) is 10.1 Å². The standard InChI is InChI=1S/C15H23N3O2/c1-12(2)17(11-13-6-3-4-9-16-13)14-7-5-8-15(10-14)18(19)20/h5,7-8,10,12-13,16H,3-4,6,9,11H2,1-2H3. The van der Waals surface area contributed by atoms with Gasteiger partial charge in [0.1, 0.15) is 0 Å². The first-order valence-electron chi connectivity index (χ1n) is 7.32. The Morgan fingerprint density at radius 2 is 2.25 bits per heavy atom. The predicted molar refractivity (Wildman–Crippen MR) is 81.2 cm³/mol. The third-order valence-electron chi connectivity index (χ3n) is 3.83. The number of anilines is 1. The molecule has 1 aromatic rings. The molecule has 1 aliphatic rings. The molecule has 1 fully saturated rings. The van der Waals surface area contributed by atoms with Crippen molar-refractivity contribution in [3.05, 3.63) is 34.4 Å². The first-order valence-corrected chi connectivity index (χ1v) is 7.32. The molecule has 0 amide bonds. The van der Waals surface area contributed by atoms with Crippen molar-refractivity contribution in [1.82, 2.24) is 5.32 Å². The minimum atomic E-state index is -0.332. The van der Waals surface area contributed by atoms with Gasteiger partial charge in [0.25, 0.3) is 5.69 Å². The average Bonchev–Trinajstić information content (AvgIpc) is 2.45. The van der Waals surface area contributed by atoms with Gasteiger partial charge in [-0.2, -0.15) is 0 Å². The number of non-ortho nitro benzene ring substituents is 1. The van der Waals surface area contributed by atoms with Gasteiger partial charge < -0.3 is 10.2 Å². The van der Waals surface area contributed by atoms with Crippen molar-refractivity contribution in [3.63, 3.8) is 0 Å². The van der Waals surface area contributed by atoms with Gasteiger partial charge in [0.15, 0.2) is 0 Å². The summed E-state index contributed by atoms with van der Waals surface area (Å²) in [6, 6.07) is 7.72. The Bertz CT molecular complexity index is 456. The Balaban J connectivity index is 2.15. The number of piperidine rings is 1. The van der Waals surface area contributed by atoms with Crippen LogP contribution in [0.5, 0.6) is 0 Å². The van der Waals surface area contributed by atoms with E-state index in [4.69, 9.17) is 0 Å². The fourth-order valence-corrected chi connectivity index (χ4v) is 2.72. The maximum Gasteiger partial charge on any atom is 0.271 e. The number of hydrogen-bond acceptors (Lipinski definition) is 4. The van der Waals surface area contributed by atoms with E-state index in [2.05, 4.69) is 24.1 Å². The van der Waals surface area contributed by atoms with Gasteiger partial charge in [-0.25, -0.2) is 0 Å². The van der Waals surface area contributed by atoms with Crippen LogP contribution in [0.3, 0.4) is 0 Å². The summed E-state index contributed by atoms with van der Waals surface area (Å²) in [5.41, 5.74) is 1.09. The molecule has 0 aromatic heterocycles. The van der Waals surface area contributed by atoms with Crippen LogP contribution in [0.15, 0.2) is 24.3 Å². The molecule has 1 aromatic carbocycles. The fraction of sp³-hybridized carbons (Fsp3) is 0.600. The van der Waals surface area contributed by atoms with E-state index in [1.54, 1.807) is 18.2 Å². The quantitative estimate of drug-likeness (QED) is 0.664. The van der Waals surface area contributed by atoms with Crippen LogP contribution >= 0.6 is 0 Å². The summed E-state index contributed by atoms with van der Waals surface area (Å²) in [6.07, 6.45) is 3.69. The maximum atomic E-state index is 10.9. The highest BCUT2D eigenvalue weighted by Crippen LogP contribution is 2.24. The third-order valence-corrected chi connectivity index (χ3v) is 3.83. The Labute approximate surface area is 120 Å². The van der Waals surface area contributed by atoms with Crippen LogP contribution in [0.2, 0.25) is 0 Å². The van der Waals surface area contributed by atoms with E-state index in [1.807, 2.05) is 6.07 Å². The molecule has 20 heavy (non-hydrogen) atoms. The second-order valence-electron chi connectivity index (χ2n) is 5.67. The number of rotatable bonds is 5. The molecule has 2 rings (SSSR count). The molecular formula is C15H23N3O2. The van der Waals surface area contributed by atoms with Crippen molar-refractivity contribution in [2.45, 2.75) is 45.2 Å². The molecule has 5 nitrogen and oxygen atoms in total. The highest BCUT2D eigenvalue weighted by Gasteiger charge is 2.20. The smallest absolute Gasteiger partial charge is 0.271 e. The number of hydrogen-bond donors (Lipinski definition) is 1. The summed E-state index contributed by atoms with van der Waals surface area (Å²) in [5, 5.41) is 14.4. The van der Waals surface area contributed by atoms with Gasteiger partial charge in [0.2, 0.25) is 0 Å². The molecule has 1 N–H and O–H groups in total. The molecule has 1 heterocycles. The number of nitrogens with zero attached hydrogens (tertiary/aromatic N) is 2. The molecule has 1 unspecified atom stereocenters. The van der Waals surface area contributed by atoms with Gasteiger partial charge in [-0.1, -0.05) is 12.5 Å². The Morgan fingerprint density at radius 1 is 1.45 bits per heavy atom. The third kappa shape index (κ3) is 3.70. The minimum Gasteiger partial charge on any atom is -0.367 e. The topological polar surface area (TPSA) is 58.4 Å². The maximum absolute atomic E-state index is 10.9. The predicted octanol–water partition coefficient (Wildman–Crippen LogP) is 2.95. The Kier molecular flexibility index (Phi) is 4.95. The monoisotopic (exact) mass is 277 g/mol.